The molecule has 2 rings (SSSR count). The SMILES string of the molecule is O=[N+]([O-])c1cccc(-c2cc(F)ccn2)c1. The number of hydrogen-bond donors (Lipinski definition) is 0. The zero-order valence-electron chi connectivity index (χ0n) is 8.13. The first-order valence-corrected chi connectivity index (χ1v) is 4.53. The van der Waals surface area contributed by atoms with Crippen molar-refractivity contribution in [3.05, 3.63) is 58.5 Å². The van der Waals surface area contributed by atoms with Crippen LogP contribution >= 0.6 is 0 Å². The highest BCUT2D eigenvalue weighted by molar-refractivity contribution is 5.62. The van der Waals surface area contributed by atoms with Crippen molar-refractivity contribution in [1.82, 2.24) is 4.98 Å². The van der Waals surface area contributed by atoms with Crippen molar-refractivity contribution in [1.29, 1.82) is 0 Å². The van der Waals surface area contributed by atoms with Gasteiger partial charge in [-0.15, -0.1) is 0 Å². The Morgan fingerprint density at radius 2 is 2.06 bits per heavy atom. The van der Waals surface area contributed by atoms with Crippen LogP contribution in [0.1, 0.15) is 0 Å². The smallest absolute Gasteiger partial charge is 0.258 e. The van der Waals surface area contributed by atoms with Crippen LogP contribution in [0.25, 0.3) is 11.3 Å². The molecule has 4 nitrogen and oxygen atoms in total. The summed E-state index contributed by atoms with van der Waals surface area (Å²) in [6.07, 6.45) is 1.32. The highest BCUT2D eigenvalue weighted by Crippen LogP contribution is 2.22. The first kappa shape index (κ1) is 10.2. The predicted octanol–water partition coefficient (Wildman–Crippen LogP) is 2.80. The van der Waals surface area contributed by atoms with Gasteiger partial charge in [0.05, 0.1) is 10.6 Å². The molecule has 0 fully saturated rings. The summed E-state index contributed by atoms with van der Waals surface area (Å²) in [5, 5.41) is 10.6. The summed E-state index contributed by atoms with van der Waals surface area (Å²) in [4.78, 5) is 14.0. The van der Waals surface area contributed by atoms with Gasteiger partial charge in [0.15, 0.2) is 0 Å². The van der Waals surface area contributed by atoms with Gasteiger partial charge in [-0.25, -0.2) is 4.39 Å². The summed E-state index contributed by atoms with van der Waals surface area (Å²) in [6, 6.07) is 8.39. The van der Waals surface area contributed by atoms with Crippen molar-refractivity contribution in [3.63, 3.8) is 0 Å². The fourth-order valence-corrected chi connectivity index (χ4v) is 1.34. The zero-order chi connectivity index (χ0) is 11.5. The van der Waals surface area contributed by atoms with E-state index < -0.39 is 10.7 Å². The number of halogens is 1. The Balaban J connectivity index is 2.48. The van der Waals surface area contributed by atoms with Crippen LogP contribution in [0.4, 0.5) is 10.1 Å². The van der Waals surface area contributed by atoms with Crippen LogP contribution in [0.5, 0.6) is 0 Å². The molecule has 16 heavy (non-hydrogen) atoms. The lowest BCUT2D eigenvalue weighted by Crippen LogP contribution is -1.89. The van der Waals surface area contributed by atoms with Crippen molar-refractivity contribution in [2.75, 3.05) is 0 Å². The number of aromatic nitrogens is 1. The minimum atomic E-state index is -0.497. The summed E-state index contributed by atoms with van der Waals surface area (Å²) in [5.74, 6) is -0.420. The molecule has 1 heterocycles. The van der Waals surface area contributed by atoms with Gasteiger partial charge in [0.1, 0.15) is 5.82 Å². The zero-order valence-corrected chi connectivity index (χ0v) is 8.13. The molecule has 0 aliphatic heterocycles. The average molecular weight is 218 g/mol. The van der Waals surface area contributed by atoms with Crippen molar-refractivity contribution >= 4 is 5.69 Å². The van der Waals surface area contributed by atoms with Gasteiger partial charge in [-0.2, -0.15) is 0 Å². The van der Waals surface area contributed by atoms with Crippen molar-refractivity contribution in [3.8, 4) is 11.3 Å². The van der Waals surface area contributed by atoms with E-state index in [1.807, 2.05) is 0 Å². The molecular weight excluding hydrogens is 211 g/mol. The lowest BCUT2D eigenvalue weighted by molar-refractivity contribution is -0.384. The maximum Gasteiger partial charge on any atom is 0.270 e. The first-order valence-electron chi connectivity index (χ1n) is 4.53. The normalized spacial score (nSPS) is 10.1. The summed E-state index contributed by atoms with van der Waals surface area (Å²) in [7, 11) is 0. The lowest BCUT2D eigenvalue weighted by atomic mass is 10.1. The Labute approximate surface area is 90.5 Å². The standard InChI is InChI=1S/C11H7FN2O2/c12-9-4-5-13-11(7-9)8-2-1-3-10(6-8)14(15)16/h1-7H. The van der Waals surface area contributed by atoms with Crippen LogP contribution in [0.3, 0.4) is 0 Å². The Morgan fingerprint density at radius 1 is 1.25 bits per heavy atom. The van der Waals surface area contributed by atoms with E-state index in [1.54, 1.807) is 12.1 Å². The molecule has 2 aromatic rings. The number of rotatable bonds is 2. The Kier molecular flexibility index (Phi) is 2.59. The number of pyridine rings is 1. The number of hydrogen-bond acceptors (Lipinski definition) is 3. The molecule has 0 bridgehead atoms. The van der Waals surface area contributed by atoms with Crippen LogP contribution in [-0.4, -0.2) is 9.91 Å². The second-order valence-electron chi connectivity index (χ2n) is 3.17. The van der Waals surface area contributed by atoms with E-state index >= 15 is 0 Å². The molecule has 1 aromatic heterocycles. The number of nitrogens with zero attached hydrogens (tertiary/aromatic N) is 2. The highest BCUT2D eigenvalue weighted by Gasteiger charge is 2.08. The molecule has 0 unspecified atom stereocenters. The van der Waals surface area contributed by atoms with Crippen molar-refractivity contribution in [2.24, 2.45) is 0 Å². The summed E-state index contributed by atoms with van der Waals surface area (Å²) in [5.41, 5.74) is 0.862. The molecule has 80 valence electrons. The van der Waals surface area contributed by atoms with E-state index in [-0.39, 0.29) is 5.69 Å². The van der Waals surface area contributed by atoms with Gasteiger partial charge in [0.25, 0.3) is 5.69 Å². The topological polar surface area (TPSA) is 56.0 Å². The molecule has 0 aliphatic rings. The van der Waals surface area contributed by atoms with E-state index in [9.17, 15) is 14.5 Å². The molecule has 1 aromatic carbocycles. The minimum Gasteiger partial charge on any atom is -0.258 e. The van der Waals surface area contributed by atoms with E-state index in [1.165, 1.54) is 30.5 Å². The van der Waals surface area contributed by atoms with Gasteiger partial charge in [-0.05, 0) is 6.07 Å². The summed E-state index contributed by atoms with van der Waals surface area (Å²) < 4.78 is 12.9. The summed E-state index contributed by atoms with van der Waals surface area (Å²) >= 11 is 0. The highest BCUT2D eigenvalue weighted by atomic mass is 19.1. The number of nitro groups is 1. The van der Waals surface area contributed by atoms with Crippen LogP contribution in [0, 0.1) is 15.9 Å². The van der Waals surface area contributed by atoms with E-state index in [0.717, 1.165) is 0 Å². The first-order chi connectivity index (χ1) is 7.66. The van der Waals surface area contributed by atoms with Gasteiger partial charge < -0.3 is 0 Å². The van der Waals surface area contributed by atoms with Crippen molar-refractivity contribution in [2.45, 2.75) is 0 Å². The number of non-ortho nitro benzene ring substituents is 1. The fraction of sp³-hybridized carbons (Fsp3) is 0. The monoisotopic (exact) mass is 218 g/mol. The minimum absolute atomic E-state index is 0.0384. The van der Waals surface area contributed by atoms with Gasteiger partial charge in [-0.1, -0.05) is 12.1 Å². The van der Waals surface area contributed by atoms with Gasteiger partial charge in [0.2, 0.25) is 0 Å². The largest absolute Gasteiger partial charge is 0.270 e. The Bertz CT molecular complexity index is 543. The Hall–Kier alpha value is -2.30. The third kappa shape index (κ3) is 2.03. The molecule has 0 saturated carbocycles. The van der Waals surface area contributed by atoms with Gasteiger partial charge in [0, 0.05) is 30.0 Å². The number of nitro benzene ring substituents is 1. The molecule has 0 spiro atoms. The van der Waals surface area contributed by atoms with Gasteiger partial charge in [-0.3, -0.25) is 15.1 Å². The second kappa shape index (κ2) is 4.06. The third-order valence-corrected chi connectivity index (χ3v) is 2.07. The molecule has 5 heteroatoms. The quantitative estimate of drug-likeness (QED) is 0.575. The molecule has 0 aliphatic carbocycles. The van der Waals surface area contributed by atoms with Crippen LogP contribution in [0.15, 0.2) is 42.6 Å². The Morgan fingerprint density at radius 3 is 2.75 bits per heavy atom. The molecule has 0 amide bonds. The lowest BCUT2D eigenvalue weighted by Gasteiger charge is -2.00. The molecule has 0 atom stereocenters. The van der Waals surface area contributed by atoms with Crippen LogP contribution in [-0.2, 0) is 0 Å². The average Bonchev–Trinajstić information content (AvgIpc) is 2.29. The third-order valence-electron chi connectivity index (χ3n) is 2.07. The molecule has 0 radical (unpaired) electrons. The predicted molar refractivity (Wildman–Crippen MR) is 56.3 cm³/mol. The number of benzene rings is 1. The van der Waals surface area contributed by atoms with Gasteiger partial charge >= 0.3 is 0 Å². The maximum absolute atomic E-state index is 12.9. The van der Waals surface area contributed by atoms with E-state index in [0.29, 0.717) is 11.3 Å². The molecule has 0 N–H and O–H groups in total. The second-order valence-corrected chi connectivity index (χ2v) is 3.17. The maximum atomic E-state index is 12.9. The summed E-state index contributed by atoms with van der Waals surface area (Å²) in [6.45, 7) is 0. The van der Waals surface area contributed by atoms with E-state index in [4.69, 9.17) is 0 Å². The fourth-order valence-electron chi connectivity index (χ4n) is 1.34. The van der Waals surface area contributed by atoms with Crippen LogP contribution in [0.2, 0.25) is 0 Å². The van der Waals surface area contributed by atoms with E-state index in [2.05, 4.69) is 4.98 Å². The molecule has 0 saturated heterocycles. The molecular formula is C11H7FN2O2. The van der Waals surface area contributed by atoms with Crippen molar-refractivity contribution < 1.29 is 9.31 Å². The van der Waals surface area contributed by atoms with Crippen LogP contribution < -0.4 is 0 Å².